The molecule has 1 aliphatic carbocycles. The van der Waals surface area contributed by atoms with Crippen molar-refractivity contribution in [3.8, 4) is 5.75 Å². The molecule has 1 atom stereocenters. The minimum atomic E-state index is -0.346. The van der Waals surface area contributed by atoms with E-state index in [4.69, 9.17) is 22.1 Å². The summed E-state index contributed by atoms with van der Waals surface area (Å²) in [7, 11) is 1.52. The van der Waals surface area contributed by atoms with E-state index in [9.17, 15) is 4.79 Å². The van der Waals surface area contributed by atoms with Gasteiger partial charge in [0.2, 0.25) is 0 Å². The van der Waals surface area contributed by atoms with E-state index >= 15 is 0 Å². The quantitative estimate of drug-likeness (QED) is 0.870. The van der Waals surface area contributed by atoms with Gasteiger partial charge in [0.05, 0.1) is 18.2 Å². The highest BCUT2D eigenvalue weighted by molar-refractivity contribution is 6.30. The highest BCUT2D eigenvalue weighted by Crippen LogP contribution is 2.39. The first-order valence-electron chi connectivity index (χ1n) is 6.36. The molecule has 0 bridgehead atoms. The van der Waals surface area contributed by atoms with E-state index < -0.39 is 0 Å². The molecule has 0 aliphatic heterocycles. The van der Waals surface area contributed by atoms with Gasteiger partial charge < -0.3 is 15.8 Å². The van der Waals surface area contributed by atoms with Crippen LogP contribution in [-0.4, -0.2) is 25.1 Å². The molecule has 1 saturated carbocycles. The van der Waals surface area contributed by atoms with E-state index in [2.05, 4.69) is 5.32 Å². The van der Waals surface area contributed by atoms with Crippen LogP contribution < -0.4 is 15.8 Å². The molecule has 0 aromatic heterocycles. The third-order valence-electron chi connectivity index (χ3n) is 3.71. The fourth-order valence-corrected chi connectivity index (χ4v) is 2.38. The molecule has 1 aromatic rings. The summed E-state index contributed by atoms with van der Waals surface area (Å²) in [6.45, 7) is 2.42. The normalized spacial score (nSPS) is 17.7. The second-order valence-electron chi connectivity index (χ2n) is 5.19. The van der Waals surface area contributed by atoms with Gasteiger partial charge in [0.25, 0.3) is 5.91 Å². The Morgan fingerprint density at radius 3 is 2.79 bits per heavy atom. The lowest BCUT2D eigenvalue weighted by atomic mass is 9.95. The number of carbonyl (C=O) groups excluding carboxylic acids is 1. The maximum Gasteiger partial charge on any atom is 0.255 e. The van der Waals surface area contributed by atoms with Crippen LogP contribution in [0.2, 0.25) is 5.02 Å². The molecular weight excluding hydrogens is 264 g/mol. The Morgan fingerprint density at radius 1 is 1.58 bits per heavy atom. The molecule has 2 rings (SSSR count). The molecule has 1 aromatic carbocycles. The molecular formula is C14H19ClN2O2. The number of benzene rings is 1. The van der Waals surface area contributed by atoms with Gasteiger partial charge in [-0.25, -0.2) is 0 Å². The summed E-state index contributed by atoms with van der Waals surface area (Å²) in [6.07, 6.45) is 2.23. The second kappa shape index (κ2) is 5.39. The summed E-state index contributed by atoms with van der Waals surface area (Å²) >= 11 is 5.89. The van der Waals surface area contributed by atoms with Gasteiger partial charge in [-0.05, 0) is 43.9 Å². The van der Waals surface area contributed by atoms with Crippen molar-refractivity contribution in [2.24, 2.45) is 11.7 Å². The zero-order valence-corrected chi connectivity index (χ0v) is 12.0. The summed E-state index contributed by atoms with van der Waals surface area (Å²) in [4.78, 5) is 12.4. The highest BCUT2D eigenvalue weighted by atomic mass is 35.5. The predicted octanol–water partition coefficient (Wildman–Crippen LogP) is 2.21. The van der Waals surface area contributed by atoms with E-state index in [0.29, 0.717) is 28.8 Å². The number of rotatable bonds is 5. The van der Waals surface area contributed by atoms with Gasteiger partial charge in [-0.3, -0.25) is 4.79 Å². The molecule has 3 N–H and O–H groups in total. The Morgan fingerprint density at radius 2 is 2.26 bits per heavy atom. The smallest absolute Gasteiger partial charge is 0.255 e. The number of amides is 1. The Bertz CT molecular complexity index is 488. The summed E-state index contributed by atoms with van der Waals surface area (Å²) < 4.78 is 5.20. The van der Waals surface area contributed by atoms with Crippen LogP contribution in [0.5, 0.6) is 5.75 Å². The number of nitrogens with two attached hydrogens (primary N) is 1. The van der Waals surface area contributed by atoms with Gasteiger partial charge in [0, 0.05) is 11.6 Å². The number of ether oxygens (including phenoxy) is 1. The monoisotopic (exact) mass is 282 g/mol. The zero-order chi connectivity index (χ0) is 14.0. The van der Waals surface area contributed by atoms with E-state index in [0.717, 1.165) is 12.8 Å². The number of hydrogen-bond donors (Lipinski definition) is 2. The van der Waals surface area contributed by atoms with Gasteiger partial charge in [-0.2, -0.15) is 0 Å². The lowest BCUT2D eigenvalue weighted by molar-refractivity contribution is 0.0895. The third kappa shape index (κ3) is 3.01. The second-order valence-corrected chi connectivity index (χ2v) is 5.63. The van der Waals surface area contributed by atoms with Gasteiger partial charge in [0.1, 0.15) is 5.75 Å². The van der Waals surface area contributed by atoms with Crippen LogP contribution in [0.4, 0.5) is 0 Å². The van der Waals surface area contributed by atoms with E-state index in [1.54, 1.807) is 18.2 Å². The lowest BCUT2D eigenvalue weighted by Crippen LogP contribution is -2.53. The van der Waals surface area contributed by atoms with Crippen molar-refractivity contribution in [3.05, 3.63) is 28.8 Å². The van der Waals surface area contributed by atoms with Gasteiger partial charge in [-0.15, -0.1) is 0 Å². The number of methoxy groups -OCH3 is 1. The van der Waals surface area contributed by atoms with Gasteiger partial charge in [0.15, 0.2) is 0 Å². The van der Waals surface area contributed by atoms with E-state index in [-0.39, 0.29) is 11.4 Å². The average Bonchev–Trinajstić information content (AvgIpc) is 3.22. The van der Waals surface area contributed by atoms with Gasteiger partial charge in [-0.1, -0.05) is 11.6 Å². The highest BCUT2D eigenvalue weighted by Gasteiger charge is 2.41. The first-order chi connectivity index (χ1) is 9.00. The predicted molar refractivity (Wildman–Crippen MR) is 75.7 cm³/mol. The first kappa shape index (κ1) is 14.2. The Labute approximate surface area is 118 Å². The zero-order valence-electron chi connectivity index (χ0n) is 11.2. The van der Waals surface area contributed by atoms with Crippen molar-refractivity contribution in [2.75, 3.05) is 13.7 Å². The molecule has 4 nitrogen and oxygen atoms in total. The molecule has 0 saturated heterocycles. The van der Waals surface area contributed by atoms with Crippen LogP contribution in [0.1, 0.15) is 30.1 Å². The van der Waals surface area contributed by atoms with Crippen LogP contribution in [0.15, 0.2) is 18.2 Å². The molecule has 1 aliphatic rings. The average molecular weight is 283 g/mol. The molecule has 1 amide bonds. The number of hydrogen-bond acceptors (Lipinski definition) is 3. The molecule has 0 spiro atoms. The standard InChI is InChI=1S/C14H19ClN2O2/c1-14(8-16,9-3-4-9)17-13(18)11-6-5-10(15)7-12(11)19-2/h5-7,9H,3-4,8,16H2,1-2H3,(H,17,18). The van der Waals surface area contributed by atoms with Crippen LogP contribution in [0.3, 0.4) is 0 Å². The number of nitrogens with one attached hydrogen (secondary N) is 1. The van der Waals surface area contributed by atoms with Gasteiger partial charge >= 0.3 is 0 Å². The van der Waals surface area contributed by atoms with Crippen molar-refractivity contribution in [2.45, 2.75) is 25.3 Å². The first-order valence-corrected chi connectivity index (χ1v) is 6.74. The molecule has 0 radical (unpaired) electrons. The molecule has 1 fully saturated rings. The Balaban J connectivity index is 2.19. The summed E-state index contributed by atoms with van der Waals surface area (Å²) in [6, 6.07) is 4.98. The van der Waals surface area contributed by atoms with Crippen LogP contribution >= 0.6 is 11.6 Å². The molecule has 1 unspecified atom stereocenters. The molecule has 104 valence electrons. The fraction of sp³-hybridized carbons (Fsp3) is 0.500. The van der Waals surface area contributed by atoms with Crippen LogP contribution in [-0.2, 0) is 0 Å². The Kier molecular flexibility index (Phi) is 4.02. The maximum atomic E-state index is 12.4. The fourth-order valence-electron chi connectivity index (χ4n) is 2.22. The summed E-state index contributed by atoms with van der Waals surface area (Å²) in [5.74, 6) is 0.772. The van der Waals surface area contributed by atoms with Crippen molar-refractivity contribution in [1.82, 2.24) is 5.32 Å². The molecule has 0 heterocycles. The van der Waals surface area contributed by atoms with Crippen molar-refractivity contribution in [3.63, 3.8) is 0 Å². The number of carbonyl (C=O) groups is 1. The van der Waals surface area contributed by atoms with Crippen LogP contribution in [0, 0.1) is 5.92 Å². The van der Waals surface area contributed by atoms with Crippen molar-refractivity contribution in [1.29, 1.82) is 0 Å². The number of halogens is 1. The van der Waals surface area contributed by atoms with Crippen LogP contribution in [0.25, 0.3) is 0 Å². The SMILES string of the molecule is COc1cc(Cl)ccc1C(=O)NC(C)(CN)C1CC1. The maximum absolute atomic E-state index is 12.4. The largest absolute Gasteiger partial charge is 0.496 e. The minimum absolute atomic E-state index is 0.173. The van der Waals surface area contributed by atoms with E-state index in [1.165, 1.54) is 7.11 Å². The van der Waals surface area contributed by atoms with E-state index in [1.807, 2.05) is 6.92 Å². The van der Waals surface area contributed by atoms with Crippen molar-refractivity contribution < 1.29 is 9.53 Å². The Hall–Kier alpha value is -1.26. The lowest BCUT2D eigenvalue weighted by Gasteiger charge is -2.29. The summed E-state index contributed by atoms with van der Waals surface area (Å²) in [5.41, 5.74) is 5.94. The topological polar surface area (TPSA) is 64.3 Å². The third-order valence-corrected chi connectivity index (χ3v) is 3.94. The van der Waals surface area contributed by atoms with Crippen molar-refractivity contribution >= 4 is 17.5 Å². The summed E-state index contributed by atoms with van der Waals surface area (Å²) in [5, 5.41) is 3.57. The molecule has 5 heteroatoms. The minimum Gasteiger partial charge on any atom is -0.496 e. The molecule has 19 heavy (non-hydrogen) atoms.